The average Bonchev–Trinajstić information content (AvgIpc) is 3.06. The molecule has 0 aliphatic carbocycles. The van der Waals surface area contributed by atoms with Gasteiger partial charge in [0.05, 0.1) is 4.90 Å². The van der Waals surface area contributed by atoms with Crippen LogP contribution in [0.5, 0.6) is 0 Å². The molecular weight excluding hydrogens is 338 g/mol. The highest BCUT2D eigenvalue weighted by Gasteiger charge is 2.17. The molecular formula is C18H19N3O3S. The van der Waals surface area contributed by atoms with Crippen molar-refractivity contribution < 1.29 is 12.8 Å². The number of nitrogens with zero attached hydrogens (tertiary/aromatic N) is 2. The van der Waals surface area contributed by atoms with E-state index in [-0.39, 0.29) is 6.54 Å². The fourth-order valence-electron chi connectivity index (χ4n) is 2.42. The largest absolute Gasteiger partial charge is 0.421 e. The van der Waals surface area contributed by atoms with Gasteiger partial charge in [-0.1, -0.05) is 30.3 Å². The van der Waals surface area contributed by atoms with E-state index in [4.69, 9.17) is 4.42 Å². The Kier molecular flexibility index (Phi) is 4.96. The van der Waals surface area contributed by atoms with Gasteiger partial charge in [0.1, 0.15) is 0 Å². The summed E-state index contributed by atoms with van der Waals surface area (Å²) in [7, 11) is -3.57. The van der Waals surface area contributed by atoms with E-state index in [1.807, 2.05) is 43.3 Å². The molecule has 7 heteroatoms. The van der Waals surface area contributed by atoms with Crippen LogP contribution in [-0.2, 0) is 16.4 Å². The van der Waals surface area contributed by atoms with E-state index in [9.17, 15) is 8.42 Å². The molecule has 0 spiro atoms. The predicted octanol–water partition coefficient (Wildman–Crippen LogP) is 2.87. The van der Waals surface area contributed by atoms with E-state index in [0.717, 1.165) is 11.1 Å². The Morgan fingerprint density at radius 3 is 2.56 bits per heavy atom. The lowest BCUT2D eigenvalue weighted by atomic mass is 10.2. The topological polar surface area (TPSA) is 85.1 Å². The summed E-state index contributed by atoms with van der Waals surface area (Å²) in [6.07, 6.45) is 0.323. The van der Waals surface area contributed by atoms with E-state index < -0.39 is 10.0 Å². The van der Waals surface area contributed by atoms with Gasteiger partial charge >= 0.3 is 0 Å². The van der Waals surface area contributed by atoms with Gasteiger partial charge in [-0.3, -0.25) is 0 Å². The molecule has 1 aromatic heterocycles. The van der Waals surface area contributed by atoms with Gasteiger partial charge < -0.3 is 4.42 Å². The van der Waals surface area contributed by atoms with Crippen molar-refractivity contribution in [1.82, 2.24) is 14.9 Å². The predicted molar refractivity (Wildman–Crippen MR) is 94.5 cm³/mol. The maximum atomic E-state index is 12.4. The van der Waals surface area contributed by atoms with Crippen molar-refractivity contribution in [2.45, 2.75) is 25.2 Å². The van der Waals surface area contributed by atoms with Gasteiger partial charge in [0.2, 0.25) is 21.8 Å². The Morgan fingerprint density at radius 1 is 1.04 bits per heavy atom. The molecule has 0 unspecified atom stereocenters. The minimum absolute atomic E-state index is 0.187. The van der Waals surface area contributed by atoms with Crippen LogP contribution in [0.15, 0.2) is 57.8 Å². The molecule has 6 nitrogen and oxygen atoms in total. The molecule has 0 amide bonds. The number of hydrogen-bond acceptors (Lipinski definition) is 5. The van der Waals surface area contributed by atoms with Crippen LogP contribution in [0.4, 0.5) is 0 Å². The highest BCUT2D eigenvalue weighted by Crippen LogP contribution is 2.18. The summed E-state index contributed by atoms with van der Waals surface area (Å²) >= 11 is 0. The third-order valence-corrected chi connectivity index (χ3v) is 5.35. The van der Waals surface area contributed by atoms with E-state index >= 15 is 0 Å². The quantitative estimate of drug-likeness (QED) is 0.733. The highest BCUT2D eigenvalue weighted by atomic mass is 32.2. The maximum Gasteiger partial charge on any atom is 0.247 e. The van der Waals surface area contributed by atoms with Crippen LogP contribution in [0.1, 0.15) is 17.0 Å². The normalized spacial score (nSPS) is 11.6. The molecule has 25 heavy (non-hydrogen) atoms. The van der Waals surface area contributed by atoms with Crippen LogP contribution < -0.4 is 4.72 Å². The molecule has 0 saturated heterocycles. The van der Waals surface area contributed by atoms with Gasteiger partial charge in [-0.15, -0.1) is 10.2 Å². The smallest absolute Gasteiger partial charge is 0.247 e. The molecule has 0 aliphatic rings. The van der Waals surface area contributed by atoms with Crippen molar-refractivity contribution in [3.8, 4) is 11.5 Å². The van der Waals surface area contributed by atoms with Crippen molar-refractivity contribution in [1.29, 1.82) is 0 Å². The van der Waals surface area contributed by atoms with Crippen molar-refractivity contribution >= 4 is 10.0 Å². The summed E-state index contributed by atoms with van der Waals surface area (Å²) in [5, 5.41) is 7.96. The zero-order valence-electron chi connectivity index (χ0n) is 14.1. The lowest BCUT2D eigenvalue weighted by Crippen LogP contribution is -2.26. The number of rotatable bonds is 6. The molecule has 130 valence electrons. The lowest BCUT2D eigenvalue weighted by molar-refractivity contribution is 0.502. The SMILES string of the molecule is Cc1ccc(C)c(S(=O)(=O)NCCc2nnc(-c3ccccc3)o2)c1. The zero-order valence-corrected chi connectivity index (χ0v) is 14.9. The summed E-state index contributed by atoms with van der Waals surface area (Å²) in [5.41, 5.74) is 2.44. The lowest BCUT2D eigenvalue weighted by Gasteiger charge is -2.09. The Morgan fingerprint density at radius 2 is 1.80 bits per heavy atom. The monoisotopic (exact) mass is 357 g/mol. The number of benzene rings is 2. The van der Waals surface area contributed by atoms with Gasteiger partial charge in [0, 0.05) is 18.5 Å². The second-order valence-corrected chi connectivity index (χ2v) is 7.52. The summed E-state index contributed by atoms with van der Waals surface area (Å²) in [6.45, 7) is 3.83. The Balaban J connectivity index is 1.65. The van der Waals surface area contributed by atoms with Crippen molar-refractivity contribution in [3.05, 3.63) is 65.5 Å². The van der Waals surface area contributed by atoms with Crippen LogP contribution in [-0.4, -0.2) is 25.2 Å². The molecule has 1 heterocycles. The first-order chi connectivity index (χ1) is 12.0. The molecule has 3 rings (SSSR count). The van der Waals surface area contributed by atoms with E-state index in [1.165, 1.54) is 0 Å². The van der Waals surface area contributed by atoms with Gasteiger partial charge in [-0.05, 0) is 43.2 Å². The molecule has 0 aliphatic heterocycles. The third-order valence-electron chi connectivity index (χ3n) is 3.75. The Bertz CT molecular complexity index is 966. The first-order valence-electron chi connectivity index (χ1n) is 7.90. The van der Waals surface area contributed by atoms with E-state index in [2.05, 4.69) is 14.9 Å². The second-order valence-electron chi connectivity index (χ2n) is 5.78. The van der Waals surface area contributed by atoms with Gasteiger partial charge in [-0.25, -0.2) is 13.1 Å². The molecule has 0 bridgehead atoms. The van der Waals surface area contributed by atoms with Crippen LogP contribution in [0.2, 0.25) is 0 Å². The number of sulfonamides is 1. The molecule has 0 saturated carbocycles. The van der Waals surface area contributed by atoms with Crippen LogP contribution in [0, 0.1) is 13.8 Å². The minimum Gasteiger partial charge on any atom is -0.421 e. The van der Waals surface area contributed by atoms with E-state index in [0.29, 0.717) is 28.7 Å². The minimum atomic E-state index is -3.57. The number of hydrogen-bond donors (Lipinski definition) is 1. The number of nitrogens with one attached hydrogen (secondary N) is 1. The summed E-state index contributed by atoms with van der Waals surface area (Å²) in [6, 6.07) is 14.8. The van der Waals surface area contributed by atoms with Crippen molar-refractivity contribution in [2.75, 3.05) is 6.54 Å². The summed E-state index contributed by atoms with van der Waals surface area (Å²) in [4.78, 5) is 0.294. The van der Waals surface area contributed by atoms with Gasteiger partial charge in [0.15, 0.2) is 0 Å². The average molecular weight is 357 g/mol. The fraction of sp³-hybridized carbons (Fsp3) is 0.222. The standard InChI is InChI=1S/C18H19N3O3S/c1-13-8-9-14(2)16(12-13)25(22,23)19-11-10-17-20-21-18(24-17)15-6-4-3-5-7-15/h3-9,12,19H,10-11H2,1-2H3. The van der Waals surface area contributed by atoms with E-state index in [1.54, 1.807) is 19.1 Å². The Labute approximate surface area is 147 Å². The van der Waals surface area contributed by atoms with Gasteiger partial charge in [0.25, 0.3) is 0 Å². The van der Waals surface area contributed by atoms with Crippen LogP contribution in [0.3, 0.4) is 0 Å². The highest BCUT2D eigenvalue weighted by molar-refractivity contribution is 7.89. The summed E-state index contributed by atoms with van der Waals surface area (Å²) < 4.78 is 33.0. The van der Waals surface area contributed by atoms with Crippen molar-refractivity contribution in [3.63, 3.8) is 0 Å². The maximum absolute atomic E-state index is 12.4. The molecule has 2 aromatic carbocycles. The number of aromatic nitrogens is 2. The molecule has 1 N–H and O–H groups in total. The zero-order chi connectivity index (χ0) is 17.9. The number of aryl methyl sites for hydroxylation is 2. The summed E-state index contributed by atoms with van der Waals surface area (Å²) in [5.74, 6) is 0.815. The Hall–Kier alpha value is -2.51. The second kappa shape index (κ2) is 7.16. The van der Waals surface area contributed by atoms with Gasteiger partial charge in [-0.2, -0.15) is 0 Å². The molecule has 0 atom stereocenters. The van der Waals surface area contributed by atoms with Crippen LogP contribution >= 0.6 is 0 Å². The fourth-order valence-corrected chi connectivity index (χ4v) is 3.78. The first-order valence-corrected chi connectivity index (χ1v) is 9.39. The van der Waals surface area contributed by atoms with Crippen LogP contribution in [0.25, 0.3) is 11.5 Å². The van der Waals surface area contributed by atoms with Crippen molar-refractivity contribution in [2.24, 2.45) is 0 Å². The molecule has 3 aromatic rings. The molecule has 0 radical (unpaired) electrons. The molecule has 0 fully saturated rings. The third kappa shape index (κ3) is 4.12. The first kappa shape index (κ1) is 17.3.